The lowest BCUT2D eigenvalue weighted by Crippen LogP contribution is -2.26. The van der Waals surface area contributed by atoms with Crippen molar-refractivity contribution in [3.05, 3.63) is 41.9 Å². The van der Waals surface area contributed by atoms with Crippen molar-refractivity contribution >= 4 is 15.7 Å². The van der Waals surface area contributed by atoms with E-state index in [2.05, 4.69) is 0 Å². The number of hydrogen-bond acceptors (Lipinski definition) is 4. The number of phenolic OH excluding ortho intramolecular Hbond substituents is 1. The first kappa shape index (κ1) is 13.5. The van der Waals surface area contributed by atoms with Crippen molar-refractivity contribution in [2.24, 2.45) is 0 Å². The van der Waals surface area contributed by atoms with Crippen LogP contribution in [-0.2, 0) is 10.0 Å². The topological polar surface area (TPSA) is 70.8 Å². The molecule has 1 heterocycles. The monoisotopic (exact) mass is 281 g/mol. The van der Waals surface area contributed by atoms with Crippen LogP contribution in [0, 0.1) is 13.8 Å². The van der Waals surface area contributed by atoms with Gasteiger partial charge in [-0.15, -0.1) is 0 Å². The number of rotatable bonds is 3. The number of furan rings is 1. The second-order valence-electron chi connectivity index (χ2n) is 4.27. The second-order valence-corrected chi connectivity index (χ2v) is 6.20. The van der Waals surface area contributed by atoms with E-state index in [9.17, 15) is 13.5 Å². The Hall–Kier alpha value is -1.95. The molecule has 1 aromatic heterocycles. The minimum absolute atomic E-state index is 0.0879. The predicted molar refractivity (Wildman–Crippen MR) is 71.9 cm³/mol. The van der Waals surface area contributed by atoms with E-state index in [1.807, 2.05) is 0 Å². The third-order valence-electron chi connectivity index (χ3n) is 2.85. The minimum atomic E-state index is -3.66. The summed E-state index contributed by atoms with van der Waals surface area (Å²) < 4.78 is 31.3. The summed E-state index contributed by atoms with van der Waals surface area (Å²) in [5.41, 5.74) is 0.469. The van der Waals surface area contributed by atoms with Crippen molar-refractivity contribution in [2.75, 3.05) is 11.4 Å². The van der Waals surface area contributed by atoms with Gasteiger partial charge in [0, 0.05) is 13.1 Å². The molecule has 2 rings (SSSR count). The third kappa shape index (κ3) is 2.44. The van der Waals surface area contributed by atoms with Crippen molar-refractivity contribution in [3.8, 4) is 5.75 Å². The Balaban J connectivity index is 2.45. The number of phenols is 1. The number of anilines is 1. The first-order valence-electron chi connectivity index (χ1n) is 5.67. The van der Waals surface area contributed by atoms with Gasteiger partial charge in [-0.25, -0.2) is 8.42 Å². The van der Waals surface area contributed by atoms with E-state index in [-0.39, 0.29) is 10.6 Å². The summed E-state index contributed by atoms with van der Waals surface area (Å²) in [5.74, 6) is 1.00. The first-order chi connectivity index (χ1) is 8.82. The number of hydrogen-bond donors (Lipinski definition) is 1. The number of benzene rings is 1. The maximum Gasteiger partial charge on any atom is 0.267 e. The van der Waals surface area contributed by atoms with E-state index in [1.165, 1.54) is 37.4 Å². The van der Waals surface area contributed by atoms with Gasteiger partial charge in [0.2, 0.25) is 0 Å². The molecular formula is C13H15NO4S. The molecule has 0 saturated heterocycles. The van der Waals surface area contributed by atoms with E-state index < -0.39 is 10.0 Å². The zero-order valence-electron chi connectivity index (χ0n) is 10.9. The average Bonchev–Trinajstić information content (AvgIpc) is 2.69. The van der Waals surface area contributed by atoms with E-state index in [0.29, 0.717) is 17.2 Å². The van der Waals surface area contributed by atoms with Crippen LogP contribution in [0.3, 0.4) is 0 Å². The summed E-state index contributed by atoms with van der Waals surface area (Å²) in [5, 5.41) is 9.22. The number of nitrogens with zero attached hydrogens (tertiary/aromatic N) is 1. The third-order valence-corrected chi connectivity index (χ3v) is 4.74. The Labute approximate surface area is 112 Å². The molecular weight excluding hydrogens is 266 g/mol. The Kier molecular flexibility index (Phi) is 3.28. The molecule has 0 unspecified atom stereocenters. The normalized spacial score (nSPS) is 11.5. The van der Waals surface area contributed by atoms with Crippen molar-refractivity contribution < 1.29 is 17.9 Å². The van der Waals surface area contributed by atoms with Crippen molar-refractivity contribution in [1.29, 1.82) is 0 Å². The lowest BCUT2D eigenvalue weighted by molar-refractivity contribution is 0.475. The average molecular weight is 281 g/mol. The molecule has 0 aliphatic rings. The highest BCUT2D eigenvalue weighted by Gasteiger charge is 2.25. The molecule has 102 valence electrons. The van der Waals surface area contributed by atoms with Gasteiger partial charge in [0.15, 0.2) is 0 Å². The fraction of sp³-hybridized carbons (Fsp3) is 0.231. The lowest BCUT2D eigenvalue weighted by Gasteiger charge is -2.18. The molecule has 0 aliphatic carbocycles. The first-order valence-corrected chi connectivity index (χ1v) is 7.11. The highest BCUT2D eigenvalue weighted by atomic mass is 32.2. The zero-order valence-corrected chi connectivity index (χ0v) is 11.7. The SMILES string of the molecule is Cc1cc(S(=O)(=O)N(C)c2ccc(O)cc2)c(C)o1. The van der Waals surface area contributed by atoms with Gasteiger partial charge in [0.25, 0.3) is 10.0 Å². The summed E-state index contributed by atoms with van der Waals surface area (Å²) in [6.07, 6.45) is 0. The zero-order chi connectivity index (χ0) is 14.2. The molecule has 19 heavy (non-hydrogen) atoms. The quantitative estimate of drug-likeness (QED) is 0.938. The maximum absolute atomic E-state index is 12.5. The van der Waals surface area contributed by atoms with Gasteiger partial charge in [-0.05, 0) is 38.1 Å². The highest BCUT2D eigenvalue weighted by Crippen LogP contribution is 2.27. The summed E-state index contributed by atoms with van der Waals surface area (Å²) in [6.45, 7) is 3.32. The van der Waals surface area contributed by atoms with E-state index in [4.69, 9.17) is 4.42 Å². The largest absolute Gasteiger partial charge is 0.508 e. The van der Waals surface area contributed by atoms with Crippen LogP contribution in [-0.4, -0.2) is 20.6 Å². The van der Waals surface area contributed by atoms with Crippen LogP contribution in [0.25, 0.3) is 0 Å². The van der Waals surface area contributed by atoms with Crippen molar-refractivity contribution in [1.82, 2.24) is 0 Å². The summed E-state index contributed by atoms with van der Waals surface area (Å²) in [4.78, 5) is 0.153. The molecule has 0 atom stereocenters. The fourth-order valence-corrected chi connectivity index (χ4v) is 3.23. The van der Waals surface area contributed by atoms with E-state index in [1.54, 1.807) is 13.8 Å². The molecule has 0 spiro atoms. The van der Waals surface area contributed by atoms with Gasteiger partial charge in [-0.1, -0.05) is 0 Å². The van der Waals surface area contributed by atoms with Crippen LogP contribution in [0.4, 0.5) is 5.69 Å². The van der Waals surface area contributed by atoms with Gasteiger partial charge in [-0.3, -0.25) is 4.31 Å². The van der Waals surface area contributed by atoms with Crippen LogP contribution < -0.4 is 4.31 Å². The Morgan fingerprint density at radius 2 is 1.74 bits per heavy atom. The fourth-order valence-electron chi connectivity index (χ4n) is 1.81. The number of sulfonamides is 1. The molecule has 0 aliphatic heterocycles. The maximum atomic E-state index is 12.5. The van der Waals surface area contributed by atoms with Crippen LogP contribution in [0.15, 0.2) is 39.6 Å². The molecule has 0 bridgehead atoms. The molecule has 0 radical (unpaired) electrons. The summed E-state index contributed by atoms with van der Waals surface area (Å²) in [7, 11) is -2.19. The van der Waals surface area contributed by atoms with Gasteiger partial charge in [0.05, 0.1) is 5.69 Å². The van der Waals surface area contributed by atoms with Gasteiger partial charge >= 0.3 is 0 Å². The minimum Gasteiger partial charge on any atom is -0.508 e. The summed E-state index contributed by atoms with van der Waals surface area (Å²) >= 11 is 0. The van der Waals surface area contributed by atoms with Crippen LogP contribution in [0.5, 0.6) is 5.75 Å². The molecule has 0 amide bonds. The van der Waals surface area contributed by atoms with Crippen LogP contribution >= 0.6 is 0 Å². The van der Waals surface area contributed by atoms with Crippen LogP contribution in [0.2, 0.25) is 0 Å². The smallest absolute Gasteiger partial charge is 0.267 e. The standard InChI is InChI=1S/C13H15NO4S/c1-9-8-13(10(2)18-9)19(16,17)14(3)11-4-6-12(15)7-5-11/h4-8,15H,1-3H3. The molecule has 1 N–H and O–H groups in total. The molecule has 1 aromatic carbocycles. The molecule has 5 nitrogen and oxygen atoms in total. The molecule has 0 fully saturated rings. The highest BCUT2D eigenvalue weighted by molar-refractivity contribution is 7.92. The van der Waals surface area contributed by atoms with Gasteiger partial charge in [0.1, 0.15) is 22.2 Å². The number of aryl methyl sites for hydroxylation is 2. The lowest BCUT2D eigenvalue weighted by atomic mass is 10.3. The van der Waals surface area contributed by atoms with E-state index in [0.717, 1.165) is 4.31 Å². The van der Waals surface area contributed by atoms with Gasteiger partial charge in [-0.2, -0.15) is 0 Å². The van der Waals surface area contributed by atoms with Crippen LogP contribution in [0.1, 0.15) is 11.5 Å². The second kappa shape index (κ2) is 4.62. The number of aromatic hydroxyl groups is 1. The summed E-state index contributed by atoms with van der Waals surface area (Å²) in [6, 6.07) is 7.45. The predicted octanol–water partition coefficient (Wildman–Crippen LogP) is 2.43. The Morgan fingerprint density at radius 3 is 2.21 bits per heavy atom. The molecule has 6 heteroatoms. The Morgan fingerprint density at radius 1 is 1.16 bits per heavy atom. The molecule has 0 saturated carbocycles. The van der Waals surface area contributed by atoms with Crippen molar-refractivity contribution in [3.63, 3.8) is 0 Å². The van der Waals surface area contributed by atoms with Gasteiger partial charge < -0.3 is 9.52 Å². The van der Waals surface area contributed by atoms with Crippen molar-refractivity contribution in [2.45, 2.75) is 18.7 Å². The molecule has 2 aromatic rings. The van der Waals surface area contributed by atoms with E-state index >= 15 is 0 Å². The Bertz CT molecular complexity index is 686.